The summed E-state index contributed by atoms with van der Waals surface area (Å²) in [7, 11) is 3.11. The molecule has 0 spiro atoms. The summed E-state index contributed by atoms with van der Waals surface area (Å²) in [6.45, 7) is 0.348. The minimum absolute atomic E-state index is 0.0734. The Morgan fingerprint density at radius 3 is 2.63 bits per heavy atom. The van der Waals surface area contributed by atoms with E-state index < -0.39 is 5.82 Å². The van der Waals surface area contributed by atoms with Gasteiger partial charge in [0.15, 0.2) is 0 Å². The van der Waals surface area contributed by atoms with Crippen LogP contribution in [-0.2, 0) is 17.8 Å². The van der Waals surface area contributed by atoms with E-state index in [0.29, 0.717) is 28.3 Å². The van der Waals surface area contributed by atoms with E-state index in [4.69, 9.17) is 9.47 Å². The molecule has 30 heavy (non-hydrogen) atoms. The van der Waals surface area contributed by atoms with Crippen LogP contribution in [-0.4, -0.2) is 36.5 Å². The van der Waals surface area contributed by atoms with Crippen LogP contribution in [0.3, 0.4) is 0 Å². The predicted molar refractivity (Wildman–Crippen MR) is 110 cm³/mol. The number of hydrogen-bond acceptors (Lipinski definition) is 5. The van der Waals surface area contributed by atoms with Crippen molar-refractivity contribution < 1.29 is 18.7 Å². The van der Waals surface area contributed by atoms with Crippen LogP contribution >= 0.6 is 0 Å². The van der Waals surface area contributed by atoms with Crippen molar-refractivity contribution in [3.8, 4) is 22.8 Å². The lowest BCUT2D eigenvalue weighted by molar-refractivity contribution is -0.120. The maximum Gasteiger partial charge on any atom is 0.266 e. The Balaban J connectivity index is 1.70. The molecule has 0 radical (unpaired) electrons. The number of rotatable bonds is 8. The lowest BCUT2D eigenvalue weighted by atomic mass is 10.1. The summed E-state index contributed by atoms with van der Waals surface area (Å²) in [5.41, 5.74) is 1.22. The van der Waals surface area contributed by atoms with Gasteiger partial charge in [0.1, 0.15) is 17.3 Å². The quantitative estimate of drug-likeness (QED) is 0.616. The molecular formula is C22H22FN3O4. The molecule has 0 saturated carbocycles. The standard InChI is InChI=1S/C22H22FN3O4/c1-29-16-7-9-20(30-2)17(14-16)19-8-10-22(28)26(25-19)12-11-24-21(27)13-15-5-3-4-6-18(15)23/h3-10,14H,11-13H2,1-2H3,(H,24,27). The molecule has 1 N–H and O–H groups in total. The Labute approximate surface area is 173 Å². The van der Waals surface area contributed by atoms with Crippen molar-refractivity contribution in [1.82, 2.24) is 15.1 Å². The molecule has 1 aromatic heterocycles. The van der Waals surface area contributed by atoms with Gasteiger partial charge in [-0.05, 0) is 35.9 Å². The fraction of sp³-hybridized carbons (Fsp3) is 0.227. The van der Waals surface area contributed by atoms with E-state index in [1.807, 2.05) is 0 Å². The van der Waals surface area contributed by atoms with Crippen LogP contribution in [0.1, 0.15) is 5.56 Å². The van der Waals surface area contributed by atoms with Gasteiger partial charge in [-0.15, -0.1) is 0 Å². The number of carbonyl (C=O) groups is 1. The van der Waals surface area contributed by atoms with Gasteiger partial charge in [-0.25, -0.2) is 9.07 Å². The largest absolute Gasteiger partial charge is 0.497 e. The molecule has 3 aromatic rings. The lowest BCUT2D eigenvalue weighted by Gasteiger charge is -2.12. The Hall–Kier alpha value is -3.68. The summed E-state index contributed by atoms with van der Waals surface area (Å²) in [6.07, 6.45) is -0.0734. The van der Waals surface area contributed by atoms with Gasteiger partial charge < -0.3 is 14.8 Å². The third-order valence-electron chi connectivity index (χ3n) is 4.50. The van der Waals surface area contributed by atoms with Crippen molar-refractivity contribution in [2.45, 2.75) is 13.0 Å². The number of nitrogens with zero attached hydrogens (tertiary/aromatic N) is 2. The van der Waals surface area contributed by atoms with Gasteiger partial charge in [0, 0.05) is 18.2 Å². The SMILES string of the molecule is COc1ccc(OC)c(-c2ccc(=O)n(CCNC(=O)Cc3ccccc3F)n2)c1. The smallest absolute Gasteiger partial charge is 0.266 e. The van der Waals surface area contributed by atoms with Gasteiger partial charge in [0.25, 0.3) is 5.56 Å². The molecule has 3 rings (SSSR count). The van der Waals surface area contributed by atoms with E-state index in [9.17, 15) is 14.0 Å². The number of ether oxygens (including phenoxy) is 2. The molecular weight excluding hydrogens is 389 g/mol. The minimum atomic E-state index is -0.425. The predicted octanol–water partition coefficient (Wildman–Crippen LogP) is 2.43. The van der Waals surface area contributed by atoms with Gasteiger partial charge in [0.05, 0.1) is 32.9 Å². The van der Waals surface area contributed by atoms with Crippen molar-refractivity contribution in [2.24, 2.45) is 0 Å². The molecule has 2 aromatic carbocycles. The van der Waals surface area contributed by atoms with Crippen molar-refractivity contribution >= 4 is 5.91 Å². The molecule has 0 saturated heterocycles. The van der Waals surface area contributed by atoms with E-state index in [2.05, 4.69) is 10.4 Å². The van der Waals surface area contributed by atoms with Crippen LogP contribution in [0.15, 0.2) is 59.4 Å². The molecule has 0 atom stereocenters. The van der Waals surface area contributed by atoms with Crippen LogP contribution in [0.4, 0.5) is 4.39 Å². The number of nitrogens with one attached hydrogen (secondary N) is 1. The normalized spacial score (nSPS) is 10.5. The number of benzene rings is 2. The van der Waals surface area contributed by atoms with Gasteiger partial charge in [0.2, 0.25) is 5.91 Å². The average molecular weight is 411 g/mol. The first-order chi connectivity index (χ1) is 14.5. The summed E-state index contributed by atoms with van der Waals surface area (Å²) < 4.78 is 25.5. The Kier molecular flexibility index (Phi) is 6.79. The van der Waals surface area contributed by atoms with Gasteiger partial charge in [-0.1, -0.05) is 18.2 Å². The molecule has 0 aliphatic rings. The van der Waals surface area contributed by atoms with Crippen molar-refractivity contribution in [2.75, 3.05) is 20.8 Å². The number of aromatic nitrogens is 2. The highest BCUT2D eigenvalue weighted by Crippen LogP contribution is 2.31. The van der Waals surface area contributed by atoms with Gasteiger partial charge in [-0.2, -0.15) is 5.10 Å². The van der Waals surface area contributed by atoms with Crippen molar-refractivity contribution in [3.63, 3.8) is 0 Å². The highest BCUT2D eigenvalue weighted by atomic mass is 19.1. The van der Waals surface area contributed by atoms with E-state index in [0.717, 1.165) is 0 Å². The Bertz CT molecular complexity index is 1100. The first-order valence-electron chi connectivity index (χ1n) is 9.32. The van der Waals surface area contributed by atoms with E-state index in [1.165, 1.54) is 16.8 Å². The van der Waals surface area contributed by atoms with Crippen LogP contribution < -0.4 is 20.3 Å². The fourth-order valence-electron chi connectivity index (χ4n) is 2.95. The van der Waals surface area contributed by atoms with Crippen molar-refractivity contribution in [1.29, 1.82) is 0 Å². The number of carbonyl (C=O) groups excluding carboxylic acids is 1. The molecule has 0 aliphatic heterocycles. The average Bonchev–Trinajstić information content (AvgIpc) is 2.76. The second kappa shape index (κ2) is 9.69. The highest BCUT2D eigenvalue weighted by Gasteiger charge is 2.12. The first-order valence-corrected chi connectivity index (χ1v) is 9.32. The molecule has 156 valence electrons. The summed E-state index contributed by atoms with van der Waals surface area (Å²) in [5.74, 6) is 0.460. The zero-order chi connectivity index (χ0) is 21.5. The Morgan fingerprint density at radius 1 is 1.10 bits per heavy atom. The zero-order valence-electron chi connectivity index (χ0n) is 16.7. The highest BCUT2D eigenvalue weighted by molar-refractivity contribution is 5.78. The maximum atomic E-state index is 13.7. The Morgan fingerprint density at radius 2 is 1.90 bits per heavy atom. The monoisotopic (exact) mass is 411 g/mol. The van der Waals surface area contributed by atoms with E-state index >= 15 is 0 Å². The lowest BCUT2D eigenvalue weighted by Crippen LogP contribution is -2.32. The van der Waals surface area contributed by atoms with Crippen molar-refractivity contribution in [3.05, 3.63) is 76.3 Å². The third kappa shape index (κ3) is 5.02. The second-order valence-corrected chi connectivity index (χ2v) is 6.46. The van der Waals surface area contributed by atoms with Crippen LogP contribution in [0.2, 0.25) is 0 Å². The summed E-state index contributed by atoms with van der Waals surface area (Å²) >= 11 is 0. The van der Waals surface area contributed by atoms with Crippen LogP contribution in [0.5, 0.6) is 11.5 Å². The maximum absolute atomic E-state index is 13.7. The molecule has 7 nitrogen and oxygen atoms in total. The zero-order valence-corrected chi connectivity index (χ0v) is 16.7. The summed E-state index contributed by atoms with van der Waals surface area (Å²) in [4.78, 5) is 24.2. The molecule has 0 fully saturated rings. The molecule has 1 heterocycles. The van der Waals surface area contributed by atoms with Crippen LogP contribution in [0.25, 0.3) is 11.3 Å². The number of methoxy groups -OCH3 is 2. The summed E-state index contributed by atoms with van der Waals surface area (Å²) in [6, 6.07) is 14.4. The topological polar surface area (TPSA) is 82.5 Å². The number of halogens is 1. The van der Waals surface area contributed by atoms with E-state index in [-0.39, 0.29) is 31.0 Å². The third-order valence-corrected chi connectivity index (χ3v) is 4.50. The van der Waals surface area contributed by atoms with Gasteiger partial charge >= 0.3 is 0 Å². The molecule has 8 heteroatoms. The molecule has 0 bridgehead atoms. The van der Waals surface area contributed by atoms with E-state index in [1.54, 1.807) is 56.7 Å². The number of amides is 1. The number of hydrogen-bond donors (Lipinski definition) is 1. The van der Waals surface area contributed by atoms with Gasteiger partial charge in [-0.3, -0.25) is 9.59 Å². The second-order valence-electron chi connectivity index (χ2n) is 6.46. The van der Waals surface area contributed by atoms with Crippen LogP contribution in [0, 0.1) is 5.82 Å². The molecule has 1 amide bonds. The summed E-state index contributed by atoms with van der Waals surface area (Å²) in [5, 5.41) is 7.06. The first kappa shape index (κ1) is 21.0. The molecule has 0 aliphatic carbocycles. The minimum Gasteiger partial charge on any atom is -0.497 e. The fourth-order valence-corrected chi connectivity index (χ4v) is 2.95. The molecule has 0 unspecified atom stereocenters.